The molecule has 1 aromatic rings. The molecule has 0 aliphatic carbocycles. The highest BCUT2D eigenvalue weighted by atomic mass is 16.5. The number of nitrogens with one attached hydrogen (secondary N) is 1. The molecule has 0 unspecified atom stereocenters. The number of hydrogen-bond donors (Lipinski definition) is 2. The molecule has 0 aromatic heterocycles. The number of carboxylic acids is 1. The molecule has 17 heavy (non-hydrogen) atoms. The van der Waals surface area contributed by atoms with Crippen LogP contribution in [0, 0.1) is 0 Å². The minimum absolute atomic E-state index is 0.261. The fourth-order valence-corrected chi connectivity index (χ4v) is 1.30. The minimum Gasteiger partial charge on any atom is -0.480 e. The Bertz CT molecular complexity index is 403. The standard InChI is InChI=1S/C12H15NO4/c1-2-9-4-3-5-10(6-9)13-11(14)7-17-8-12(15)16/h3-6H,2,7-8H2,1H3,(H,13,14)(H,15,16). The second kappa shape index (κ2) is 6.65. The van der Waals surface area contributed by atoms with Gasteiger partial charge in [-0.3, -0.25) is 4.79 Å². The van der Waals surface area contributed by atoms with E-state index in [2.05, 4.69) is 10.1 Å². The van der Waals surface area contributed by atoms with E-state index in [1.54, 1.807) is 6.07 Å². The van der Waals surface area contributed by atoms with Crippen molar-refractivity contribution in [3.8, 4) is 0 Å². The topological polar surface area (TPSA) is 75.6 Å². The highest BCUT2D eigenvalue weighted by Crippen LogP contribution is 2.10. The average molecular weight is 237 g/mol. The third kappa shape index (κ3) is 5.12. The number of benzene rings is 1. The largest absolute Gasteiger partial charge is 0.480 e. The zero-order valence-electron chi connectivity index (χ0n) is 9.60. The van der Waals surface area contributed by atoms with Crippen LogP contribution in [0.1, 0.15) is 12.5 Å². The normalized spacial score (nSPS) is 9.94. The maximum absolute atomic E-state index is 11.4. The van der Waals surface area contributed by atoms with Crippen LogP contribution in [-0.4, -0.2) is 30.2 Å². The Labute approximate surface area is 99.4 Å². The molecule has 0 bridgehead atoms. The molecule has 2 N–H and O–H groups in total. The van der Waals surface area contributed by atoms with Gasteiger partial charge in [-0.2, -0.15) is 0 Å². The molecule has 0 heterocycles. The van der Waals surface area contributed by atoms with Gasteiger partial charge in [0.2, 0.25) is 5.91 Å². The Morgan fingerprint density at radius 3 is 2.76 bits per heavy atom. The van der Waals surface area contributed by atoms with Crippen LogP contribution < -0.4 is 5.32 Å². The number of anilines is 1. The van der Waals surface area contributed by atoms with Crippen molar-refractivity contribution in [3.63, 3.8) is 0 Å². The Balaban J connectivity index is 2.42. The Hall–Kier alpha value is -1.88. The maximum Gasteiger partial charge on any atom is 0.329 e. The SMILES string of the molecule is CCc1cccc(NC(=O)COCC(=O)O)c1. The van der Waals surface area contributed by atoms with Crippen LogP contribution in [0.4, 0.5) is 5.69 Å². The Kier molecular flexibility index (Phi) is 5.16. The number of carboxylic acid groups (broad SMARTS) is 1. The molecule has 92 valence electrons. The lowest BCUT2D eigenvalue weighted by Crippen LogP contribution is -2.20. The van der Waals surface area contributed by atoms with Gasteiger partial charge in [-0.15, -0.1) is 0 Å². The molecule has 0 radical (unpaired) electrons. The minimum atomic E-state index is -1.09. The zero-order chi connectivity index (χ0) is 12.7. The number of amides is 1. The second-order valence-electron chi connectivity index (χ2n) is 3.49. The first-order chi connectivity index (χ1) is 8.11. The van der Waals surface area contributed by atoms with Crippen molar-refractivity contribution in [2.45, 2.75) is 13.3 Å². The number of rotatable bonds is 6. The predicted octanol–water partition coefficient (Wildman–Crippen LogP) is 1.29. The first-order valence-electron chi connectivity index (χ1n) is 5.30. The van der Waals surface area contributed by atoms with Gasteiger partial charge < -0.3 is 15.2 Å². The van der Waals surface area contributed by atoms with Gasteiger partial charge in [0.15, 0.2) is 0 Å². The van der Waals surface area contributed by atoms with Crippen LogP contribution in [0.5, 0.6) is 0 Å². The Morgan fingerprint density at radius 1 is 1.35 bits per heavy atom. The van der Waals surface area contributed by atoms with E-state index in [1.807, 2.05) is 25.1 Å². The number of ether oxygens (including phenoxy) is 1. The summed E-state index contributed by atoms with van der Waals surface area (Å²) in [5.74, 6) is -1.45. The lowest BCUT2D eigenvalue weighted by Gasteiger charge is -2.06. The summed E-state index contributed by atoms with van der Waals surface area (Å²) in [6, 6.07) is 7.46. The van der Waals surface area contributed by atoms with Crippen molar-refractivity contribution >= 4 is 17.6 Å². The number of aliphatic carboxylic acids is 1. The van der Waals surface area contributed by atoms with Crippen molar-refractivity contribution in [2.24, 2.45) is 0 Å². The summed E-state index contributed by atoms with van der Waals surface area (Å²) in [6.07, 6.45) is 0.888. The molecule has 0 fully saturated rings. The van der Waals surface area contributed by atoms with E-state index < -0.39 is 12.6 Å². The van der Waals surface area contributed by atoms with Gasteiger partial charge in [-0.05, 0) is 24.1 Å². The summed E-state index contributed by atoms with van der Waals surface area (Å²) in [5.41, 5.74) is 1.81. The van der Waals surface area contributed by atoms with E-state index in [9.17, 15) is 9.59 Å². The second-order valence-corrected chi connectivity index (χ2v) is 3.49. The van der Waals surface area contributed by atoms with E-state index in [-0.39, 0.29) is 12.5 Å². The predicted molar refractivity (Wildman–Crippen MR) is 62.9 cm³/mol. The van der Waals surface area contributed by atoms with Crippen molar-refractivity contribution in [1.82, 2.24) is 0 Å². The number of carbonyl (C=O) groups excluding carboxylic acids is 1. The quantitative estimate of drug-likeness (QED) is 0.781. The van der Waals surface area contributed by atoms with Crippen molar-refractivity contribution < 1.29 is 19.4 Å². The van der Waals surface area contributed by atoms with Crippen LogP contribution >= 0.6 is 0 Å². The van der Waals surface area contributed by atoms with Crippen LogP contribution in [0.2, 0.25) is 0 Å². The molecular formula is C12H15NO4. The monoisotopic (exact) mass is 237 g/mol. The summed E-state index contributed by atoms with van der Waals surface area (Å²) in [6.45, 7) is 1.29. The lowest BCUT2D eigenvalue weighted by atomic mass is 10.1. The summed E-state index contributed by atoms with van der Waals surface area (Å²) in [4.78, 5) is 21.5. The van der Waals surface area contributed by atoms with E-state index in [0.29, 0.717) is 5.69 Å². The van der Waals surface area contributed by atoms with Crippen molar-refractivity contribution in [3.05, 3.63) is 29.8 Å². The fourth-order valence-electron chi connectivity index (χ4n) is 1.30. The van der Waals surface area contributed by atoms with E-state index in [4.69, 9.17) is 5.11 Å². The van der Waals surface area contributed by atoms with Crippen LogP contribution in [0.25, 0.3) is 0 Å². The van der Waals surface area contributed by atoms with E-state index in [0.717, 1.165) is 12.0 Å². The smallest absolute Gasteiger partial charge is 0.329 e. The average Bonchev–Trinajstić information content (AvgIpc) is 2.28. The summed E-state index contributed by atoms with van der Waals surface area (Å²) < 4.78 is 4.67. The van der Waals surface area contributed by atoms with Crippen LogP contribution in [0.15, 0.2) is 24.3 Å². The number of carbonyl (C=O) groups is 2. The van der Waals surface area contributed by atoms with Gasteiger partial charge in [-0.1, -0.05) is 19.1 Å². The molecule has 1 rings (SSSR count). The maximum atomic E-state index is 11.4. The summed E-state index contributed by atoms with van der Waals surface area (Å²) >= 11 is 0. The number of aryl methyl sites for hydroxylation is 1. The van der Waals surface area contributed by atoms with Gasteiger partial charge in [0.1, 0.15) is 13.2 Å². The molecule has 5 nitrogen and oxygen atoms in total. The molecule has 0 aliphatic heterocycles. The molecular weight excluding hydrogens is 222 g/mol. The molecule has 0 saturated carbocycles. The fraction of sp³-hybridized carbons (Fsp3) is 0.333. The number of hydrogen-bond acceptors (Lipinski definition) is 3. The van der Waals surface area contributed by atoms with Gasteiger partial charge in [0, 0.05) is 5.69 Å². The first kappa shape index (κ1) is 13.2. The Morgan fingerprint density at radius 2 is 2.12 bits per heavy atom. The first-order valence-corrected chi connectivity index (χ1v) is 5.30. The zero-order valence-corrected chi connectivity index (χ0v) is 9.60. The molecule has 0 spiro atoms. The van der Waals surface area contributed by atoms with Gasteiger partial charge in [-0.25, -0.2) is 4.79 Å². The summed E-state index contributed by atoms with van der Waals surface area (Å²) in [5, 5.41) is 11.0. The highest BCUT2D eigenvalue weighted by molar-refractivity contribution is 5.91. The van der Waals surface area contributed by atoms with Crippen molar-refractivity contribution in [1.29, 1.82) is 0 Å². The molecule has 0 atom stereocenters. The molecule has 0 aliphatic rings. The molecule has 1 aromatic carbocycles. The van der Waals surface area contributed by atoms with E-state index >= 15 is 0 Å². The van der Waals surface area contributed by atoms with Gasteiger partial charge in [0.05, 0.1) is 0 Å². The molecule has 5 heteroatoms. The van der Waals surface area contributed by atoms with Gasteiger partial charge in [0.25, 0.3) is 0 Å². The van der Waals surface area contributed by atoms with Crippen LogP contribution in [-0.2, 0) is 20.7 Å². The highest BCUT2D eigenvalue weighted by Gasteiger charge is 2.04. The van der Waals surface area contributed by atoms with Crippen molar-refractivity contribution in [2.75, 3.05) is 18.5 Å². The van der Waals surface area contributed by atoms with Crippen LogP contribution in [0.3, 0.4) is 0 Å². The lowest BCUT2D eigenvalue weighted by molar-refractivity contribution is -0.143. The third-order valence-corrected chi connectivity index (χ3v) is 2.08. The van der Waals surface area contributed by atoms with Gasteiger partial charge >= 0.3 is 5.97 Å². The third-order valence-electron chi connectivity index (χ3n) is 2.08. The van der Waals surface area contributed by atoms with E-state index in [1.165, 1.54) is 0 Å². The molecule has 1 amide bonds. The molecule has 0 saturated heterocycles. The summed E-state index contributed by atoms with van der Waals surface area (Å²) in [7, 11) is 0.